The highest BCUT2D eigenvalue weighted by Crippen LogP contribution is 2.36. The second kappa shape index (κ2) is 10.0. The normalized spacial score (nSPS) is 15.5. The lowest BCUT2D eigenvalue weighted by molar-refractivity contribution is -0.139. The standard InChI is InChI=1S/C25H25N3O5S/c1-5-32-19-14-17(7-8-18(19)31-4)22-21(24(30)33-6-2)15(3)27-25-28(22)23(29)20(34-25)13-16-9-11-26-12-10-16/h7-14,22H,5-6H2,1-4H3/b20-13+. The Morgan fingerprint density at radius 2 is 1.91 bits per heavy atom. The van der Waals surface area contributed by atoms with E-state index in [1.165, 1.54) is 11.3 Å². The van der Waals surface area contributed by atoms with Gasteiger partial charge in [0, 0.05) is 12.4 Å². The van der Waals surface area contributed by atoms with Gasteiger partial charge in [0.1, 0.15) is 0 Å². The minimum atomic E-state index is -0.722. The molecule has 3 aromatic rings. The van der Waals surface area contributed by atoms with Crippen molar-refractivity contribution >= 4 is 23.4 Å². The third-order valence-electron chi connectivity index (χ3n) is 5.32. The van der Waals surface area contributed by atoms with Gasteiger partial charge in [0.25, 0.3) is 5.56 Å². The first kappa shape index (κ1) is 23.4. The topological polar surface area (TPSA) is 92.0 Å². The number of methoxy groups -OCH3 is 1. The van der Waals surface area contributed by atoms with Crippen molar-refractivity contribution in [1.82, 2.24) is 9.55 Å². The number of nitrogens with zero attached hydrogens (tertiary/aromatic N) is 3. The van der Waals surface area contributed by atoms with Gasteiger partial charge in [-0.2, -0.15) is 0 Å². The quantitative estimate of drug-likeness (QED) is 0.484. The van der Waals surface area contributed by atoms with Crippen LogP contribution in [0.1, 0.15) is 37.9 Å². The number of aromatic nitrogens is 2. The van der Waals surface area contributed by atoms with Crippen LogP contribution in [0, 0.1) is 0 Å². The molecule has 0 amide bonds. The Hall–Kier alpha value is -3.72. The van der Waals surface area contributed by atoms with Crippen molar-refractivity contribution in [2.75, 3.05) is 20.3 Å². The van der Waals surface area contributed by atoms with Gasteiger partial charge in [0.05, 0.1) is 42.2 Å². The molecule has 9 heteroatoms. The maximum atomic E-state index is 13.6. The Balaban J connectivity index is 1.97. The first-order valence-corrected chi connectivity index (χ1v) is 11.7. The monoisotopic (exact) mass is 479 g/mol. The van der Waals surface area contributed by atoms with Crippen LogP contribution in [0.25, 0.3) is 6.08 Å². The number of hydrogen-bond donors (Lipinski definition) is 0. The molecule has 2 aromatic heterocycles. The number of carbonyl (C=O) groups is 1. The van der Waals surface area contributed by atoms with E-state index in [0.717, 1.165) is 5.56 Å². The number of pyridine rings is 1. The molecule has 0 aliphatic carbocycles. The van der Waals surface area contributed by atoms with Crippen LogP contribution in [-0.2, 0) is 9.53 Å². The zero-order valence-electron chi connectivity index (χ0n) is 19.4. The van der Waals surface area contributed by atoms with Gasteiger partial charge < -0.3 is 14.2 Å². The summed E-state index contributed by atoms with van der Waals surface area (Å²) < 4.78 is 18.6. The first-order chi connectivity index (χ1) is 16.5. The molecule has 1 atom stereocenters. The second-order valence-corrected chi connectivity index (χ2v) is 8.44. The molecule has 3 heterocycles. The molecule has 0 radical (unpaired) electrons. The fourth-order valence-electron chi connectivity index (χ4n) is 3.85. The molecule has 4 rings (SSSR count). The van der Waals surface area contributed by atoms with Crippen LogP contribution in [0.4, 0.5) is 0 Å². The van der Waals surface area contributed by atoms with Gasteiger partial charge in [0.15, 0.2) is 16.3 Å². The van der Waals surface area contributed by atoms with Crippen molar-refractivity contribution in [3.05, 3.63) is 84.8 Å². The SMILES string of the molecule is CCOC(=O)C1=C(C)N=c2s/c(=C/c3ccncc3)c(=O)n2C1c1ccc(OC)c(OCC)c1. The summed E-state index contributed by atoms with van der Waals surface area (Å²) in [4.78, 5) is 35.8. The third kappa shape index (κ3) is 4.38. The molecular weight excluding hydrogens is 454 g/mol. The summed E-state index contributed by atoms with van der Waals surface area (Å²) >= 11 is 1.27. The number of ether oxygens (including phenoxy) is 3. The predicted octanol–water partition coefficient (Wildman–Crippen LogP) is 2.60. The Morgan fingerprint density at radius 3 is 2.59 bits per heavy atom. The van der Waals surface area contributed by atoms with Gasteiger partial charge >= 0.3 is 5.97 Å². The van der Waals surface area contributed by atoms with Crippen LogP contribution in [0.5, 0.6) is 11.5 Å². The van der Waals surface area contributed by atoms with E-state index in [2.05, 4.69) is 9.98 Å². The van der Waals surface area contributed by atoms with E-state index >= 15 is 0 Å². The Kier molecular flexibility index (Phi) is 6.93. The smallest absolute Gasteiger partial charge is 0.338 e. The summed E-state index contributed by atoms with van der Waals surface area (Å²) in [5.74, 6) is 0.583. The molecule has 1 unspecified atom stereocenters. The fraction of sp³-hybridized carbons (Fsp3) is 0.280. The van der Waals surface area contributed by atoms with Crippen LogP contribution in [-0.4, -0.2) is 35.8 Å². The van der Waals surface area contributed by atoms with Gasteiger partial charge in [-0.05, 0) is 62.2 Å². The summed E-state index contributed by atoms with van der Waals surface area (Å²) in [5, 5.41) is 0. The highest BCUT2D eigenvalue weighted by molar-refractivity contribution is 7.07. The van der Waals surface area contributed by atoms with E-state index in [4.69, 9.17) is 14.2 Å². The van der Waals surface area contributed by atoms with E-state index < -0.39 is 12.0 Å². The zero-order valence-corrected chi connectivity index (χ0v) is 20.2. The van der Waals surface area contributed by atoms with Gasteiger partial charge in [-0.3, -0.25) is 14.3 Å². The number of allylic oxidation sites excluding steroid dienone is 1. The maximum Gasteiger partial charge on any atom is 0.338 e. The van der Waals surface area contributed by atoms with Crippen molar-refractivity contribution in [2.45, 2.75) is 26.8 Å². The van der Waals surface area contributed by atoms with E-state index in [1.807, 2.05) is 25.1 Å². The number of rotatable bonds is 7. The predicted molar refractivity (Wildman–Crippen MR) is 129 cm³/mol. The number of benzene rings is 1. The summed E-state index contributed by atoms with van der Waals surface area (Å²) in [7, 11) is 1.56. The average Bonchev–Trinajstić information content (AvgIpc) is 3.13. The van der Waals surface area contributed by atoms with Gasteiger partial charge in [-0.25, -0.2) is 9.79 Å². The fourth-order valence-corrected chi connectivity index (χ4v) is 4.90. The van der Waals surface area contributed by atoms with Gasteiger partial charge in [-0.1, -0.05) is 17.4 Å². The minimum Gasteiger partial charge on any atom is -0.493 e. The molecule has 176 valence electrons. The Labute approximate surface area is 200 Å². The van der Waals surface area contributed by atoms with Gasteiger partial charge in [-0.15, -0.1) is 0 Å². The highest BCUT2D eigenvalue weighted by atomic mass is 32.1. The van der Waals surface area contributed by atoms with Crippen molar-refractivity contribution in [3.8, 4) is 11.5 Å². The Bertz CT molecular complexity index is 1420. The molecule has 1 aliphatic rings. The van der Waals surface area contributed by atoms with Crippen LogP contribution in [0.2, 0.25) is 0 Å². The second-order valence-electron chi connectivity index (χ2n) is 7.43. The van der Waals surface area contributed by atoms with E-state index in [1.54, 1.807) is 56.1 Å². The summed E-state index contributed by atoms with van der Waals surface area (Å²) in [5.41, 5.74) is 2.12. The lowest BCUT2D eigenvalue weighted by Gasteiger charge is -2.25. The molecule has 0 saturated heterocycles. The molecular formula is C25H25N3O5S. The molecule has 0 N–H and O–H groups in total. The molecule has 1 aromatic carbocycles. The average molecular weight is 480 g/mol. The molecule has 1 aliphatic heterocycles. The van der Waals surface area contributed by atoms with Crippen LogP contribution >= 0.6 is 11.3 Å². The first-order valence-electron chi connectivity index (χ1n) is 10.9. The maximum absolute atomic E-state index is 13.6. The van der Waals surface area contributed by atoms with Crippen LogP contribution in [0.3, 0.4) is 0 Å². The summed E-state index contributed by atoms with van der Waals surface area (Å²) in [6.07, 6.45) is 5.13. The number of fused-ring (bicyclic) bond motifs is 1. The lowest BCUT2D eigenvalue weighted by Crippen LogP contribution is -2.40. The van der Waals surface area contributed by atoms with Crippen molar-refractivity contribution < 1.29 is 19.0 Å². The van der Waals surface area contributed by atoms with E-state index in [9.17, 15) is 9.59 Å². The molecule has 0 bridgehead atoms. The van der Waals surface area contributed by atoms with E-state index in [-0.39, 0.29) is 12.2 Å². The van der Waals surface area contributed by atoms with Gasteiger partial charge in [0.2, 0.25) is 0 Å². The van der Waals surface area contributed by atoms with Crippen molar-refractivity contribution in [2.24, 2.45) is 4.99 Å². The molecule has 8 nitrogen and oxygen atoms in total. The molecule has 34 heavy (non-hydrogen) atoms. The minimum absolute atomic E-state index is 0.210. The van der Waals surface area contributed by atoms with Crippen LogP contribution in [0.15, 0.2) is 63.8 Å². The molecule has 0 fully saturated rings. The molecule has 0 saturated carbocycles. The highest BCUT2D eigenvalue weighted by Gasteiger charge is 2.33. The number of esters is 1. The zero-order chi connectivity index (χ0) is 24.2. The number of hydrogen-bond acceptors (Lipinski definition) is 8. The third-order valence-corrected chi connectivity index (χ3v) is 6.31. The van der Waals surface area contributed by atoms with E-state index in [0.29, 0.717) is 44.3 Å². The summed E-state index contributed by atoms with van der Waals surface area (Å²) in [6, 6.07) is 8.31. The Morgan fingerprint density at radius 1 is 1.15 bits per heavy atom. The summed E-state index contributed by atoms with van der Waals surface area (Å²) in [6.45, 7) is 6.03. The number of thiazole rings is 1. The largest absolute Gasteiger partial charge is 0.493 e. The lowest BCUT2D eigenvalue weighted by atomic mass is 9.95. The van der Waals surface area contributed by atoms with Crippen molar-refractivity contribution in [1.29, 1.82) is 0 Å². The number of carbonyl (C=O) groups excluding carboxylic acids is 1. The van der Waals surface area contributed by atoms with Crippen molar-refractivity contribution in [3.63, 3.8) is 0 Å². The molecule has 0 spiro atoms. The van der Waals surface area contributed by atoms with Crippen LogP contribution < -0.4 is 24.4 Å².